The minimum atomic E-state index is -1.16. The SMILES string of the molecule is C[C@@H](O)[C@H]1C(=O)N2C(C(=O)O)=C(c3ccc(C(=O)N(C)C)cc3)C[C@H]12.[NaH]. The molecule has 0 aliphatic carbocycles. The van der Waals surface area contributed by atoms with Crippen molar-refractivity contribution in [1.82, 2.24) is 9.80 Å². The first-order chi connectivity index (χ1) is 11.7. The second-order valence-electron chi connectivity index (χ2n) is 6.66. The Bertz CT molecular complexity index is 785. The Morgan fingerprint density at radius 2 is 1.81 bits per heavy atom. The number of benzene rings is 1. The summed E-state index contributed by atoms with van der Waals surface area (Å²) in [6.45, 7) is 1.54. The van der Waals surface area contributed by atoms with Gasteiger partial charge in [-0.3, -0.25) is 9.59 Å². The number of aliphatic hydroxyl groups is 1. The summed E-state index contributed by atoms with van der Waals surface area (Å²) < 4.78 is 0. The van der Waals surface area contributed by atoms with Crippen molar-refractivity contribution < 1.29 is 24.6 Å². The Morgan fingerprint density at radius 3 is 2.27 bits per heavy atom. The number of aliphatic carboxylic acids is 1. The van der Waals surface area contributed by atoms with Crippen molar-refractivity contribution in [3.8, 4) is 0 Å². The van der Waals surface area contributed by atoms with Gasteiger partial charge in [-0.25, -0.2) is 4.79 Å². The number of carboxylic acids is 1. The van der Waals surface area contributed by atoms with Crippen molar-refractivity contribution in [2.24, 2.45) is 5.92 Å². The quantitative estimate of drug-likeness (QED) is 0.582. The van der Waals surface area contributed by atoms with Gasteiger partial charge < -0.3 is 20.0 Å². The van der Waals surface area contributed by atoms with Crippen LogP contribution in [0.15, 0.2) is 30.0 Å². The molecule has 3 atom stereocenters. The van der Waals surface area contributed by atoms with Crippen LogP contribution >= 0.6 is 0 Å². The van der Waals surface area contributed by atoms with Crippen LogP contribution < -0.4 is 0 Å². The molecule has 7 nitrogen and oxygen atoms in total. The molecular weight excluding hydrogens is 347 g/mol. The predicted molar refractivity (Wildman–Crippen MR) is 96.6 cm³/mol. The van der Waals surface area contributed by atoms with Crippen LogP contribution in [0, 0.1) is 5.92 Å². The molecule has 0 radical (unpaired) electrons. The number of rotatable bonds is 4. The molecule has 0 saturated carbocycles. The van der Waals surface area contributed by atoms with E-state index in [1.165, 1.54) is 9.80 Å². The van der Waals surface area contributed by atoms with Gasteiger partial charge in [0.25, 0.3) is 5.91 Å². The van der Waals surface area contributed by atoms with Gasteiger partial charge in [0.1, 0.15) is 5.70 Å². The predicted octanol–water partition coefficient (Wildman–Crippen LogP) is 0.147. The summed E-state index contributed by atoms with van der Waals surface area (Å²) in [6.07, 6.45) is -0.438. The first kappa shape index (κ1) is 20.6. The monoisotopic (exact) mass is 368 g/mol. The van der Waals surface area contributed by atoms with Crippen LogP contribution in [0.3, 0.4) is 0 Å². The van der Waals surface area contributed by atoms with Crippen molar-refractivity contribution in [3.05, 3.63) is 41.1 Å². The Labute approximate surface area is 173 Å². The Hall–Kier alpha value is -1.67. The minimum absolute atomic E-state index is 0. The Balaban J connectivity index is 0.00000243. The second-order valence-corrected chi connectivity index (χ2v) is 6.66. The molecule has 26 heavy (non-hydrogen) atoms. The van der Waals surface area contributed by atoms with Gasteiger partial charge in [-0.2, -0.15) is 0 Å². The molecule has 2 heterocycles. The normalized spacial score (nSPS) is 22.3. The summed E-state index contributed by atoms with van der Waals surface area (Å²) in [5, 5.41) is 19.3. The van der Waals surface area contributed by atoms with Crippen LogP contribution in [0.5, 0.6) is 0 Å². The molecular formula is C18H21N2NaO5. The maximum atomic E-state index is 12.2. The number of β-lactam (4-membered cyclic amide) rings is 1. The Kier molecular flexibility index (Phi) is 5.97. The zero-order chi connectivity index (χ0) is 18.5. The fourth-order valence-corrected chi connectivity index (χ4v) is 3.60. The number of hydrogen-bond donors (Lipinski definition) is 2. The number of fused-ring (bicyclic) bond motifs is 1. The van der Waals surface area contributed by atoms with Gasteiger partial charge in [-0.05, 0) is 36.6 Å². The number of carboxylic acid groups (broad SMARTS) is 1. The molecule has 1 aromatic rings. The van der Waals surface area contributed by atoms with Gasteiger partial charge in [0, 0.05) is 19.7 Å². The molecule has 3 rings (SSSR count). The topological polar surface area (TPSA) is 98.1 Å². The van der Waals surface area contributed by atoms with E-state index < -0.39 is 18.0 Å². The van der Waals surface area contributed by atoms with Crippen LogP contribution in [0.25, 0.3) is 5.57 Å². The standard InChI is InChI=1S/C18H20N2O5.Na.H/c1-9(21)14-13-8-12(15(18(24)25)20(13)17(14)23)10-4-6-11(7-5-10)16(22)19(2)3;;/h4-7,9,13-14,21H,8H2,1-3H3,(H,24,25);;/t9-,13-,14-;;/m1../s1. The Morgan fingerprint density at radius 1 is 1.23 bits per heavy atom. The first-order valence-corrected chi connectivity index (χ1v) is 8.03. The van der Waals surface area contributed by atoms with E-state index in [-0.39, 0.29) is 53.1 Å². The number of amides is 2. The summed E-state index contributed by atoms with van der Waals surface area (Å²) in [6, 6.07) is 6.36. The van der Waals surface area contributed by atoms with Crippen molar-refractivity contribution >= 4 is 52.9 Å². The van der Waals surface area contributed by atoms with Gasteiger partial charge in [0.15, 0.2) is 0 Å². The average Bonchev–Trinajstić information content (AvgIpc) is 2.89. The van der Waals surface area contributed by atoms with Crippen molar-refractivity contribution in [2.75, 3.05) is 14.1 Å². The third kappa shape index (κ3) is 3.20. The van der Waals surface area contributed by atoms with Crippen LogP contribution in [0.2, 0.25) is 0 Å². The molecule has 0 unspecified atom stereocenters. The number of carbonyl (C=O) groups is 3. The average molecular weight is 368 g/mol. The third-order valence-corrected chi connectivity index (χ3v) is 4.82. The molecule has 2 amide bonds. The second kappa shape index (κ2) is 7.52. The van der Waals surface area contributed by atoms with Gasteiger partial charge >= 0.3 is 35.5 Å². The fraction of sp³-hybridized carbons (Fsp3) is 0.389. The van der Waals surface area contributed by atoms with Gasteiger partial charge in [0.05, 0.1) is 18.1 Å². The van der Waals surface area contributed by atoms with E-state index in [1.54, 1.807) is 45.3 Å². The van der Waals surface area contributed by atoms with E-state index in [2.05, 4.69) is 0 Å². The van der Waals surface area contributed by atoms with Gasteiger partial charge in [-0.1, -0.05) is 12.1 Å². The summed E-state index contributed by atoms with van der Waals surface area (Å²) in [4.78, 5) is 38.6. The molecule has 1 aromatic carbocycles. The van der Waals surface area contributed by atoms with Crippen LogP contribution in [0.1, 0.15) is 29.3 Å². The molecule has 2 aliphatic rings. The summed E-state index contributed by atoms with van der Waals surface area (Å²) in [5.74, 6) is -2.23. The molecule has 1 fully saturated rings. The molecule has 2 N–H and O–H groups in total. The molecule has 2 aliphatic heterocycles. The first-order valence-electron chi connectivity index (χ1n) is 8.03. The van der Waals surface area contributed by atoms with Crippen LogP contribution in [-0.2, 0) is 9.59 Å². The summed E-state index contributed by atoms with van der Waals surface area (Å²) >= 11 is 0. The number of hydrogen-bond acceptors (Lipinski definition) is 4. The van der Waals surface area contributed by atoms with E-state index in [9.17, 15) is 24.6 Å². The van der Waals surface area contributed by atoms with Crippen molar-refractivity contribution in [2.45, 2.75) is 25.5 Å². The molecule has 1 saturated heterocycles. The third-order valence-electron chi connectivity index (χ3n) is 4.82. The van der Waals surface area contributed by atoms with Crippen LogP contribution in [-0.4, -0.2) is 93.6 Å². The van der Waals surface area contributed by atoms with Crippen molar-refractivity contribution in [3.63, 3.8) is 0 Å². The molecule has 134 valence electrons. The number of carbonyl (C=O) groups excluding carboxylic acids is 2. The zero-order valence-electron chi connectivity index (χ0n) is 14.3. The van der Waals surface area contributed by atoms with Gasteiger partial charge in [-0.15, -0.1) is 0 Å². The fourth-order valence-electron chi connectivity index (χ4n) is 3.60. The zero-order valence-corrected chi connectivity index (χ0v) is 14.3. The molecule has 0 aromatic heterocycles. The van der Waals surface area contributed by atoms with Crippen molar-refractivity contribution in [1.29, 1.82) is 0 Å². The van der Waals surface area contributed by atoms with Gasteiger partial charge in [0.2, 0.25) is 5.91 Å². The maximum absolute atomic E-state index is 12.2. The van der Waals surface area contributed by atoms with Crippen LogP contribution in [0.4, 0.5) is 0 Å². The van der Waals surface area contributed by atoms with E-state index in [4.69, 9.17) is 0 Å². The van der Waals surface area contributed by atoms with E-state index >= 15 is 0 Å². The number of nitrogens with zero attached hydrogens (tertiary/aromatic N) is 2. The molecule has 0 spiro atoms. The molecule has 8 heteroatoms. The molecule has 0 bridgehead atoms. The van der Waals surface area contributed by atoms with E-state index in [0.29, 0.717) is 23.1 Å². The van der Waals surface area contributed by atoms with E-state index in [1.807, 2.05) is 0 Å². The number of aliphatic hydroxyl groups excluding tert-OH is 1. The van der Waals surface area contributed by atoms with E-state index in [0.717, 1.165) is 0 Å². The summed E-state index contributed by atoms with van der Waals surface area (Å²) in [5.41, 5.74) is 1.70. The summed E-state index contributed by atoms with van der Waals surface area (Å²) in [7, 11) is 3.32.